The number of benzene rings is 2. The topological polar surface area (TPSA) is 84.5 Å². The minimum atomic E-state index is -3.77. The molecule has 0 aliphatic rings. The molecule has 0 aromatic heterocycles. The number of amides is 1. The van der Waals surface area contributed by atoms with Gasteiger partial charge in [0.05, 0.1) is 13.5 Å². The molecule has 2 aromatic rings. The van der Waals surface area contributed by atoms with Gasteiger partial charge in [-0.3, -0.25) is 4.79 Å². The van der Waals surface area contributed by atoms with E-state index in [1.165, 1.54) is 31.4 Å². The minimum Gasteiger partial charge on any atom is -0.495 e. The highest BCUT2D eigenvalue weighted by atomic mass is 32.2. The third-order valence-electron chi connectivity index (χ3n) is 4.09. The van der Waals surface area contributed by atoms with Crippen molar-refractivity contribution in [2.45, 2.75) is 25.2 Å². The zero-order valence-electron chi connectivity index (χ0n) is 15.5. The van der Waals surface area contributed by atoms with Gasteiger partial charge in [-0.2, -0.15) is 0 Å². The van der Waals surface area contributed by atoms with Gasteiger partial charge in [-0.25, -0.2) is 17.5 Å². The molecule has 2 rings (SSSR count). The Morgan fingerprint density at radius 2 is 1.70 bits per heavy atom. The molecule has 0 saturated carbocycles. The van der Waals surface area contributed by atoms with Gasteiger partial charge >= 0.3 is 0 Å². The molecule has 1 amide bonds. The highest BCUT2D eigenvalue weighted by Crippen LogP contribution is 2.26. The Hall–Kier alpha value is -2.45. The van der Waals surface area contributed by atoms with Crippen LogP contribution >= 0.6 is 0 Å². The SMILES string of the molecule is COc1cc(C)c(C)cc1S(=O)(=O)NCCNC(=O)Cc1ccc(F)cc1. The van der Waals surface area contributed by atoms with E-state index in [9.17, 15) is 17.6 Å². The molecule has 0 unspecified atom stereocenters. The van der Waals surface area contributed by atoms with Crippen molar-refractivity contribution in [1.29, 1.82) is 0 Å². The van der Waals surface area contributed by atoms with E-state index >= 15 is 0 Å². The van der Waals surface area contributed by atoms with Crippen LogP contribution in [0.25, 0.3) is 0 Å². The number of methoxy groups -OCH3 is 1. The molecule has 146 valence electrons. The van der Waals surface area contributed by atoms with E-state index in [2.05, 4.69) is 10.0 Å². The van der Waals surface area contributed by atoms with Crippen molar-refractivity contribution in [2.24, 2.45) is 0 Å². The Bertz CT molecular complexity index is 912. The number of nitrogens with one attached hydrogen (secondary N) is 2. The average Bonchev–Trinajstić information content (AvgIpc) is 2.62. The smallest absolute Gasteiger partial charge is 0.244 e. The molecule has 0 atom stereocenters. The number of ether oxygens (including phenoxy) is 1. The first-order valence-electron chi connectivity index (χ1n) is 8.39. The second-order valence-electron chi connectivity index (χ2n) is 6.14. The molecule has 8 heteroatoms. The van der Waals surface area contributed by atoms with Crippen LogP contribution in [0.5, 0.6) is 5.75 Å². The summed E-state index contributed by atoms with van der Waals surface area (Å²) in [6, 6.07) is 8.87. The van der Waals surface area contributed by atoms with E-state index in [1.807, 2.05) is 13.8 Å². The van der Waals surface area contributed by atoms with Crippen molar-refractivity contribution < 1.29 is 22.3 Å². The predicted octanol–water partition coefficient (Wildman–Crippen LogP) is 2.09. The van der Waals surface area contributed by atoms with Crippen molar-refractivity contribution in [2.75, 3.05) is 20.2 Å². The van der Waals surface area contributed by atoms with Gasteiger partial charge in [-0.15, -0.1) is 0 Å². The average molecular weight is 394 g/mol. The Morgan fingerprint density at radius 1 is 1.07 bits per heavy atom. The molecular weight excluding hydrogens is 371 g/mol. The summed E-state index contributed by atoms with van der Waals surface area (Å²) in [5.74, 6) is -0.370. The lowest BCUT2D eigenvalue weighted by Gasteiger charge is -2.13. The third kappa shape index (κ3) is 5.77. The number of aryl methyl sites for hydroxylation is 2. The number of hydrogen-bond acceptors (Lipinski definition) is 4. The first-order valence-corrected chi connectivity index (χ1v) is 9.87. The van der Waals surface area contributed by atoms with Gasteiger partial charge in [-0.05, 0) is 54.8 Å². The fraction of sp³-hybridized carbons (Fsp3) is 0.316. The van der Waals surface area contributed by atoms with Gasteiger partial charge in [0.1, 0.15) is 16.5 Å². The van der Waals surface area contributed by atoms with Crippen LogP contribution in [0.2, 0.25) is 0 Å². The number of sulfonamides is 1. The molecule has 0 fully saturated rings. The Balaban J connectivity index is 1.90. The quantitative estimate of drug-likeness (QED) is 0.672. The van der Waals surface area contributed by atoms with Gasteiger partial charge in [0.2, 0.25) is 15.9 Å². The van der Waals surface area contributed by atoms with Gasteiger partial charge in [0.15, 0.2) is 0 Å². The van der Waals surface area contributed by atoms with E-state index in [0.717, 1.165) is 11.1 Å². The largest absolute Gasteiger partial charge is 0.495 e. The summed E-state index contributed by atoms with van der Waals surface area (Å²) >= 11 is 0. The number of halogens is 1. The van der Waals surface area contributed by atoms with E-state index in [1.54, 1.807) is 12.1 Å². The van der Waals surface area contributed by atoms with Crippen LogP contribution in [-0.4, -0.2) is 34.5 Å². The summed E-state index contributed by atoms with van der Waals surface area (Å²) in [5, 5.41) is 2.63. The predicted molar refractivity (Wildman–Crippen MR) is 101 cm³/mol. The van der Waals surface area contributed by atoms with E-state index in [0.29, 0.717) is 5.56 Å². The molecule has 6 nitrogen and oxygen atoms in total. The van der Waals surface area contributed by atoms with Crippen molar-refractivity contribution in [3.63, 3.8) is 0 Å². The first kappa shape index (κ1) is 20.9. The molecule has 2 aromatic carbocycles. The third-order valence-corrected chi connectivity index (χ3v) is 5.57. The molecule has 0 aliphatic carbocycles. The number of carbonyl (C=O) groups excluding carboxylic acids is 1. The van der Waals surface area contributed by atoms with Crippen LogP contribution in [0.4, 0.5) is 4.39 Å². The molecule has 0 heterocycles. The lowest BCUT2D eigenvalue weighted by atomic mass is 10.1. The lowest BCUT2D eigenvalue weighted by Crippen LogP contribution is -2.35. The number of rotatable bonds is 8. The Kier molecular flexibility index (Phi) is 6.92. The summed E-state index contributed by atoms with van der Waals surface area (Å²) in [5.41, 5.74) is 2.44. The van der Waals surface area contributed by atoms with Crippen molar-refractivity contribution >= 4 is 15.9 Å². The van der Waals surface area contributed by atoms with E-state index < -0.39 is 10.0 Å². The zero-order valence-corrected chi connectivity index (χ0v) is 16.3. The molecule has 0 radical (unpaired) electrons. The fourth-order valence-electron chi connectivity index (χ4n) is 2.45. The van der Waals surface area contributed by atoms with Gasteiger partial charge < -0.3 is 10.1 Å². The highest BCUT2D eigenvalue weighted by molar-refractivity contribution is 7.89. The summed E-state index contributed by atoms with van der Waals surface area (Å²) in [6.45, 7) is 3.86. The molecular formula is C19H23FN2O4S. The summed E-state index contributed by atoms with van der Waals surface area (Å²) in [4.78, 5) is 11.9. The Labute approximate surface area is 158 Å². The summed E-state index contributed by atoms with van der Waals surface area (Å²) < 4.78 is 45.5. The summed E-state index contributed by atoms with van der Waals surface area (Å²) in [6.07, 6.45) is 0.0952. The first-order chi connectivity index (χ1) is 12.7. The number of carbonyl (C=O) groups is 1. The molecule has 0 bridgehead atoms. The number of hydrogen-bond donors (Lipinski definition) is 2. The van der Waals surface area contributed by atoms with E-state index in [4.69, 9.17) is 4.74 Å². The minimum absolute atomic E-state index is 0.0353. The van der Waals surface area contributed by atoms with Crippen molar-refractivity contribution in [1.82, 2.24) is 10.0 Å². The van der Waals surface area contributed by atoms with Crippen LogP contribution in [0.3, 0.4) is 0 Å². The molecule has 27 heavy (non-hydrogen) atoms. The van der Waals surface area contributed by atoms with Gasteiger partial charge in [0, 0.05) is 13.1 Å². The van der Waals surface area contributed by atoms with Crippen LogP contribution in [0.1, 0.15) is 16.7 Å². The lowest BCUT2D eigenvalue weighted by molar-refractivity contribution is -0.120. The normalized spacial score (nSPS) is 11.3. The van der Waals surface area contributed by atoms with Crippen LogP contribution in [0.15, 0.2) is 41.3 Å². The summed E-state index contributed by atoms with van der Waals surface area (Å²) in [7, 11) is -2.36. The zero-order chi connectivity index (χ0) is 20.0. The van der Waals surface area contributed by atoms with Crippen molar-refractivity contribution in [3.8, 4) is 5.75 Å². The van der Waals surface area contributed by atoms with Crippen LogP contribution in [-0.2, 0) is 21.2 Å². The fourth-order valence-corrected chi connectivity index (χ4v) is 3.71. The van der Waals surface area contributed by atoms with Gasteiger partial charge in [0.25, 0.3) is 0 Å². The highest BCUT2D eigenvalue weighted by Gasteiger charge is 2.20. The second-order valence-corrected chi connectivity index (χ2v) is 7.87. The maximum absolute atomic E-state index is 12.9. The standard InChI is InChI=1S/C19H23FN2O4S/c1-13-10-17(26-3)18(11-14(13)2)27(24,25)22-9-8-21-19(23)12-15-4-6-16(20)7-5-15/h4-7,10-11,22H,8-9,12H2,1-3H3,(H,21,23). The molecule has 0 aliphatic heterocycles. The monoisotopic (exact) mass is 394 g/mol. The van der Waals surface area contributed by atoms with Crippen molar-refractivity contribution in [3.05, 3.63) is 58.9 Å². The second kappa shape index (κ2) is 8.96. The maximum Gasteiger partial charge on any atom is 0.244 e. The molecule has 0 saturated heterocycles. The molecule has 0 spiro atoms. The molecule has 2 N–H and O–H groups in total. The van der Waals surface area contributed by atoms with Crippen LogP contribution in [0, 0.1) is 19.7 Å². The van der Waals surface area contributed by atoms with Crippen LogP contribution < -0.4 is 14.8 Å². The van der Waals surface area contributed by atoms with E-state index in [-0.39, 0.29) is 41.9 Å². The van der Waals surface area contributed by atoms with Gasteiger partial charge in [-0.1, -0.05) is 12.1 Å². The Morgan fingerprint density at radius 3 is 2.33 bits per heavy atom. The maximum atomic E-state index is 12.9.